The zero-order valence-electron chi connectivity index (χ0n) is 20.0. The molecule has 5 heteroatoms. The Kier molecular flexibility index (Phi) is 8.56. The van der Waals surface area contributed by atoms with Crippen LogP contribution in [0.15, 0.2) is 48.5 Å². The Labute approximate surface area is 205 Å². The molecule has 33 heavy (non-hydrogen) atoms. The zero-order chi connectivity index (χ0) is 21.8. The van der Waals surface area contributed by atoms with E-state index in [1.54, 1.807) is 7.11 Å². The first kappa shape index (κ1) is 24.4. The number of hydrogen-bond donors (Lipinski definition) is 0. The second-order valence-corrected chi connectivity index (χ2v) is 9.86. The molecule has 2 saturated heterocycles. The van der Waals surface area contributed by atoms with E-state index < -0.39 is 0 Å². The molecule has 1 aliphatic carbocycles. The third-order valence-electron chi connectivity index (χ3n) is 7.89. The standard InChI is InChI=1S/C28H38N2O2.ClH/c1-31-27-19-23(14-15-26(27)32-21-22-9-4-2-5-10-22)20-30-18-17-29-16-8-13-25(29)28(30)24-11-6-3-7-12-24;/h2,4-5,9-10,14-15,19,24-25,28H,3,6-8,11-13,16-18,20-21H2,1H3;1H. The second-order valence-electron chi connectivity index (χ2n) is 9.86. The van der Waals surface area contributed by atoms with Crippen molar-refractivity contribution in [1.82, 2.24) is 9.80 Å². The summed E-state index contributed by atoms with van der Waals surface area (Å²) in [5.74, 6) is 2.53. The summed E-state index contributed by atoms with van der Waals surface area (Å²) in [5.41, 5.74) is 2.50. The minimum atomic E-state index is 0. The lowest BCUT2D eigenvalue weighted by Crippen LogP contribution is -2.59. The van der Waals surface area contributed by atoms with Crippen LogP contribution >= 0.6 is 12.4 Å². The van der Waals surface area contributed by atoms with Crippen molar-refractivity contribution in [2.75, 3.05) is 26.7 Å². The van der Waals surface area contributed by atoms with E-state index in [2.05, 4.69) is 40.1 Å². The molecule has 2 aromatic carbocycles. The molecule has 2 aliphatic heterocycles. The molecule has 3 aliphatic rings. The Morgan fingerprint density at radius 1 is 0.818 bits per heavy atom. The van der Waals surface area contributed by atoms with Gasteiger partial charge in [0.2, 0.25) is 0 Å². The van der Waals surface area contributed by atoms with Gasteiger partial charge in [0, 0.05) is 31.7 Å². The van der Waals surface area contributed by atoms with E-state index in [-0.39, 0.29) is 12.4 Å². The molecule has 0 aromatic heterocycles. The third-order valence-corrected chi connectivity index (χ3v) is 7.89. The van der Waals surface area contributed by atoms with Gasteiger partial charge in [-0.2, -0.15) is 0 Å². The quantitative estimate of drug-likeness (QED) is 0.501. The van der Waals surface area contributed by atoms with Crippen LogP contribution in [0.3, 0.4) is 0 Å². The zero-order valence-corrected chi connectivity index (χ0v) is 20.8. The van der Waals surface area contributed by atoms with Gasteiger partial charge in [-0.1, -0.05) is 55.7 Å². The lowest BCUT2D eigenvalue weighted by atomic mass is 9.78. The van der Waals surface area contributed by atoms with Crippen LogP contribution in [0.25, 0.3) is 0 Å². The molecule has 5 rings (SSSR count). The SMILES string of the molecule is COc1cc(CN2CCN3CCCC3C2C2CCCCC2)ccc1OCc1ccccc1.Cl. The summed E-state index contributed by atoms with van der Waals surface area (Å²) in [6, 6.07) is 18.3. The minimum Gasteiger partial charge on any atom is -0.493 e. The number of rotatable bonds is 7. The lowest BCUT2D eigenvalue weighted by Gasteiger charge is -2.49. The van der Waals surface area contributed by atoms with Gasteiger partial charge in [0.1, 0.15) is 6.61 Å². The number of piperazine rings is 1. The van der Waals surface area contributed by atoms with Gasteiger partial charge >= 0.3 is 0 Å². The van der Waals surface area contributed by atoms with Crippen molar-refractivity contribution in [1.29, 1.82) is 0 Å². The number of ether oxygens (including phenoxy) is 2. The highest BCUT2D eigenvalue weighted by atomic mass is 35.5. The molecule has 0 bridgehead atoms. The average Bonchev–Trinajstić information content (AvgIpc) is 3.33. The Morgan fingerprint density at radius 3 is 2.42 bits per heavy atom. The Bertz CT molecular complexity index is 871. The van der Waals surface area contributed by atoms with Crippen molar-refractivity contribution >= 4 is 12.4 Å². The average molecular weight is 471 g/mol. The molecule has 2 aromatic rings. The van der Waals surface area contributed by atoms with Crippen LogP contribution in [0.4, 0.5) is 0 Å². The maximum Gasteiger partial charge on any atom is 0.161 e. The molecule has 4 nitrogen and oxygen atoms in total. The number of benzene rings is 2. The molecule has 1 saturated carbocycles. The summed E-state index contributed by atoms with van der Waals surface area (Å²) in [6.45, 7) is 5.29. The number of methoxy groups -OCH3 is 1. The molecule has 0 amide bonds. The number of hydrogen-bond acceptors (Lipinski definition) is 4. The highest BCUT2D eigenvalue weighted by Crippen LogP contribution is 2.38. The summed E-state index contributed by atoms with van der Waals surface area (Å²) in [4.78, 5) is 5.60. The van der Waals surface area contributed by atoms with Crippen LogP contribution in [-0.2, 0) is 13.2 Å². The molecule has 2 heterocycles. The Hall–Kier alpha value is -1.75. The smallest absolute Gasteiger partial charge is 0.161 e. The van der Waals surface area contributed by atoms with Crippen molar-refractivity contribution < 1.29 is 9.47 Å². The summed E-state index contributed by atoms with van der Waals surface area (Å²) >= 11 is 0. The van der Waals surface area contributed by atoms with Crippen molar-refractivity contribution in [3.8, 4) is 11.5 Å². The van der Waals surface area contributed by atoms with Crippen LogP contribution < -0.4 is 9.47 Å². The molecule has 180 valence electrons. The molecule has 0 spiro atoms. The molecule has 0 radical (unpaired) electrons. The summed E-state index contributed by atoms with van der Waals surface area (Å²) in [7, 11) is 1.75. The van der Waals surface area contributed by atoms with Gasteiger partial charge in [0.15, 0.2) is 11.5 Å². The number of halogens is 1. The topological polar surface area (TPSA) is 24.9 Å². The fraction of sp³-hybridized carbons (Fsp3) is 0.571. The maximum atomic E-state index is 6.09. The first-order valence-corrected chi connectivity index (χ1v) is 12.6. The molecule has 3 fully saturated rings. The van der Waals surface area contributed by atoms with Gasteiger partial charge < -0.3 is 9.47 Å². The lowest BCUT2D eigenvalue weighted by molar-refractivity contribution is -0.00383. The normalized spacial score (nSPS) is 24.2. The van der Waals surface area contributed by atoms with Crippen LogP contribution in [0.1, 0.15) is 56.1 Å². The largest absolute Gasteiger partial charge is 0.493 e. The van der Waals surface area contributed by atoms with Gasteiger partial charge in [0.25, 0.3) is 0 Å². The van der Waals surface area contributed by atoms with Crippen LogP contribution in [0.2, 0.25) is 0 Å². The van der Waals surface area contributed by atoms with Crippen molar-refractivity contribution in [2.24, 2.45) is 5.92 Å². The number of fused-ring (bicyclic) bond motifs is 1. The van der Waals surface area contributed by atoms with E-state index in [0.717, 1.165) is 30.0 Å². The maximum absolute atomic E-state index is 6.09. The monoisotopic (exact) mass is 470 g/mol. The van der Waals surface area contributed by atoms with Gasteiger partial charge in [-0.05, 0) is 61.4 Å². The van der Waals surface area contributed by atoms with Gasteiger partial charge in [0.05, 0.1) is 7.11 Å². The summed E-state index contributed by atoms with van der Waals surface area (Å²) in [6.07, 6.45) is 9.86. The minimum absolute atomic E-state index is 0. The Balaban J connectivity index is 0.00000259. The molecule has 0 N–H and O–H groups in total. The van der Waals surface area contributed by atoms with Gasteiger partial charge in [-0.15, -0.1) is 12.4 Å². The predicted molar refractivity (Wildman–Crippen MR) is 136 cm³/mol. The second kappa shape index (κ2) is 11.6. The Morgan fingerprint density at radius 2 is 1.64 bits per heavy atom. The van der Waals surface area contributed by atoms with E-state index in [0.29, 0.717) is 12.6 Å². The fourth-order valence-electron chi connectivity index (χ4n) is 6.34. The third kappa shape index (κ3) is 5.67. The van der Waals surface area contributed by atoms with Crippen molar-refractivity contribution in [2.45, 2.75) is 70.2 Å². The predicted octanol–water partition coefficient (Wildman–Crippen LogP) is 5.92. The van der Waals surface area contributed by atoms with Gasteiger partial charge in [-0.3, -0.25) is 9.80 Å². The summed E-state index contributed by atoms with van der Waals surface area (Å²) in [5, 5.41) is 0. The fourth-order valence-corrected chi connectivity index (χ4v) is 6.34. The molecule has 2 unspecified atom stereocenters. The first-order valence-electron chi connectivity index (χ1n) is 12.6. The van der Waals surface area contributed by atoms with E-state index in [9.17, 15) is 0 Å². The molecule has 2 atom stereocenters. The first-order chi connectivity index (χ1) is 15.8. The van der Waals surface area contributed by atoms with E-state index in [1.807, 2.05) is 18.2 Å². The number of nitrogens with zero attached hydrogens (tertiary/aromatic N) is 2. The van der Waals surface area contributed by atoms with E-state index >= 15 is 0 Å². The van der Waals surface area contributed by atoms with E-state index in [1.165, 1.54) is 75.7 Å². The highest BCUT2D eigenvalue weighted by Gasteiger charge is 2.42. The summed E-state index contributed by atoms with van der Waals surface area (Å²) < 4.78 is 11.8. The van der Waals surface area contributed by atoms with Crippen LogP contribution in [-0.4, -0.2) is 48.6 Å². The van der Waals surface area contributed by atoms with Crippen LogP contribution in [0.5, 0.6) is 11.5 Å². The molecular formula is C28H39ClN2O2. The molecular weight excluding hydrogens is 432 g/mol. The van der Waals surface area contributed by atoms with Crippen molar-refractivity contribution in [3.63, 3.8) is 0 Å². The van der Waals surface area contributed by atoms with E-state index in [4.69, 9.17) is 9.47 Å². The van der Waals surface area contributed by atoms with Crippen molar-refractivity contribution in [3.05, 3.63) is 59.7 Å². The van der Waals surface area contributed by atoms with Gasteiger partial charge in [-0.25, -0.2) is 0 Å². The highest BCUT2D eigenvalue weighted by molar-refractivity contribution is 5.85. The van der Waals surface area contributed by atoms with Crippen LogP contribution in [0, 0.1) is 5.92 Å².